The Bertz CT molecular complexity index is 888. The number of carbonyl (C=O) groups excluding carboxylic acids is 2. The third-order valence-electron chi connectivity index (χ3n) is 2.84. The summed E-state index contributed by atoms with van der Waals surface area (Å²) in [4.78, 5) is 27.1. The molecule has 2 amide bonds. The van der Waals surface area contributed by atoms with Crippen molar-refractivity contribution in [3.05, 3.63) is 11.6 Å². The number of carbonyl (C=O) groups is 2. The van der Waals surface area contributed by atoms with Crippen LogP contribution in [0.2, 0.25) is 0 Å². The van der Waals surface area contributed by atoms with Gasteiger partial charge in [0.1, 0.15) is 0 Å². The lowest BCUT2D eigenvalue weighted by atomic mass is 10.4. The monoisotopic (exact) mass is 380 g/mol. The third-order valence-corrected chi connectivity index (χ3v) is 4.55. The molecule has 0 radical (unpaired) electrons. The van der Waals surface area contributed by atoms with Crippen LogP contribution in [0.1, 0.15) is 6.92 Å². The molecule has 0 atom stereocenters. The molecule has 3 heterocycles. The summed E-state index contributed by atoms with van der Waals surface area (Å²) >= 11 is 2.54. The van der Waals surface area contributed by atoms with E-state index >= 15 is 0 Å². The predicted octanol–water partition coefficient (Wildman–Crippen LogP) is 1.01. The molecule has 13 heteroatoms. The zero-order chi connectivity index (χ0) is 17.8. The zero-order valence-corrected chi connectivity index (χ0v) is 14.7. The Morgan fingerprint density at radius 1 is 1.32 bits per heavy atom. The molecular weight excluding hydrogens is 368 g/mol. The van der Waals surface area contributed by atoms with Crippen LogP contribution in [0.3, 0.4) is 0 Å². The van der Waals surface area contributed by atoms with Crippen molar-refractivity contribution in [3.8, 4) is 11.5 Å². The van der Waals surface area contributed by atoms with Crippen LogP contribution in [0.4, 0.5) is 10.9 Å². The van der Waals surface area contributed by atoms with Gasteiger partial charge >= 0.3 is 0 Å². The predicted molar refractivity (Wildman–Crippen MR) is 90.1 cm³/mol. The van der Waals surface area contributed by atoms with Gasteiger partial charge in [-0.25, -0.2) is 9.61 Å². The molecule has 0 saturated carbocycles. The minimum Gasteiger partial charge on any atom is -0.306 e. The number of nitrogens with one attached hydrogen (secondary N) is 2. The second-order valence-corrected chi connectivity index (χ2v) is 6.52. The number of aromatic nitrogens is 6. The second-order valence-electron chi connectivity index (χ2n) is 4.68. The SMILES string of the molecule is CC(=O)Nc1nonc1-c1nnc(SCC(=O)Nc2nccs2)n1C. The Morgan fingerprint density at radius 3 is 2.88 bits per heavy atom. The average molecular weight is 380 g/mol. The van der Waals surface area contributed by atoms with Gasteiger partial charge < -0.3 is 15.2 Å². The van der Waals surface area contributed by atoms with Crippen molar-refractivity contribution in [2.45, 2.75) is 12.1 Å². The van der Waals surface area contributed by atoms with Crippen molar-refractivity contribution in [1.29, 1.82) is 0 Å². The van der Waals surface area contributed by atoms with E-state index in [1.165, 1.54) is 30.0 Å². The number of thiazole rings is 1. The van der Waals surface area contributed by atoms with Gasteiger partial charge in [-0.1, -0.05) is 11.8 Å². The fourth-order valence-corrected chi connectivity index (χ4v) is 3.06. The fourth-order valence-electron chi connectivity index (χ4n) is 1.80. The summed E-state index contributed by atoms with van der Waals surface area (Å²) in [7, 11) is 1.71. The van der Waals surface area contributed by atoms with Gasteiger partial charge in [-0.05, 0) is 10.3 Å². The standard InChI is InChI=1S/C12H12N8O3S2/c1-6(21)14-9-8(18-23-19-9)10-16-17-12(20(10)2)25-5-7(22)15-11-13-3-4-24-11/h3-4H,5H2,1-2H3,(H,13,15,22)(H,14,19,21). The maximum absolute atomic E-state index is 11.9. The second kappa shape index (κ2) is 7.40. The molecule has 25 heavy (non-hydrogen) atoms. The van der Waals surface area contributed by atoms with Crippen molar-refractivity contribution in [2.24, 2.45) is 7.05 Å². The Labute approximate surface area is 149 Å². The lowest BCUT2D eigenvalue weighted by Gasteiger charge is -2.03. The van der Waals surface area contributed by atoms with Crippen molar-refractivity contribution >= 4 is 45.9 Å². The molecule has 0 spiro atoms. The minimum atomic E-state index is -0.312. The van der Waals surface area contributed by atoms with Gasteiger partial charge in [0, 0.05) is 25.5 Å². The molecule has 0 bridgehead atoms. The fraction of sp³-hybridized carbons (Fsp3) is 0.250. The van der Waals surface area contributed by atoms with E-state index in [0.717, 1.165) is 0 Å². The van der Waals surface area contributed by atoms with E-state index in [4.69, 9.17) is 0 Å². The van der Waals surface area contributed by atoms with Gasteiger partial charge in [-0.2, -0.15) is 0 Å². The topological polar surface area (TPSA) is 141 Å². The van der Waals surface area contributed by atoms with Gasteiger partial charge in [0.05, 0.1) is 5.75 Å². The molecule has 0 saturated heterocycles. The zero-order valence-electron chi connectivity index (χ0n) is 13.1. The number of anilines is 2. The van der Waals surface area contributed by atoms with Crippen LogP contribution in [0, 0.1) is 0 Å². The number of amides is 2. The van der Waals surface area contributed by atoms with Crippen LogP contribution in [0.25, 0.3) is 11.5 Å². The quantitative estimate of drug-likeness (QED) is 0.599. The van der Waals surface area contributed by atoms with E-state index < -0.39 is 0 Å². The van der Waals surface area contributed by atoms with Crippen molar-refractivity contribution in [2.75, 3.05) is 16.4 Å². The third kappa shape index (κ3) is 4.00. The molecule has 3 aromatic heterocycles. The molecule has 0 aliphatic heterocycles. The smallest absolute Gasteiger partial charge is 0.236 e. The summed E-state index contributed by atoms with van der Waals surface area (Å²) in [6.07, 6.45) is 1.61. The highest BCUT2D eigenvalue weighted by molar-refractivity contribution is 7.99. The number of hydrogen-bond acceptors (Lipinski definition) is 10. The first-order valence-electron chi connectivity index (χ1n) is 6.86. The van der Waals surface area contributed by atoms with Crippen molar-refractivity contribution in [3.63, 3.8) is 0 Å². The Hall–Kier alpha value is -2.80. The van der Waals surface area contributed by atoms with Crippen molar-refractivity contribution in [1.82, 2.24) is 30.1 Å². The van der Waals surface area contributed by atoms with Crippen LogP contribution in [-0.2, 0) is 16.6 Å². The summed E-state index contributed by atoms with van der Waals surface area (Å²) < 4.78 is 6.28. The molecule has 11 nitrogen and oxygen atoms in total. The number of rotatable bonds is 6. The van der Waals surface area contributed by atoms with E-state index in [2.05, 4.69) is 40.8 Å². The molecule has 3 aromatic rings. The first kappa shape index (κ1) is 17.0. The van der Waals surface area contributed by atoms with Gasteiger partial charge in [0.25, 0.3) is 0 Å². The lowest BCUT2D eigenvalue weighted by molar-refractivity contribution is -0.114. The molecule has 3 rings (SSSR count). The van der Waals surface area contributed by atoms with E-state index in [9.17, 15) is 9.59 Å². The number of thioether (sulfide) groups is 1. The largest absolute Gasteiger partial charge is 0.306 e. The molecule has 0 unspecified atom stereocenters. The summed E-state index contributed by atoms with van der Waals surface area (Å²) in [5, 5.41) is 23.4. The molecule has 0 aliphatic carbocycles. The highest BCUT2D eigenvalue weighted by Crippen LogP contribution is 2.26. The maximum atomic E-state index is 11.9. The summed E-state index contributed by atoms with van der Waals surface area (Å²) in [6, 6.07) is 0. The minimum absolute atomic E-state index is 0.140. The first-order valence-corrected chi connectivity index (χ1v) is 8.73. The number of hydrogen-bond donors (Lipinski definition) is 2. The van der Waals surface area contributed by atoms with Crippen LogP contribution in [-0.4, -0.2) is 47.6 Å². The van der Waals surface area contributed by atoms with E-state index in [1.807, 2.05) is 0 Å². The highest BCUT2D eigenvalue weighted by Gasteiger charge is 2.21. The van der Waals surface area contributed by atoms with E-state index in [-0.39, 0.29) is 29.1 Å². The van der Waals surface area contributed by atoms with Gasteiger partial charge in [-0.15, -0.1) is 21.5 Å². The van der Waals surface area contributed by atoms with E-state index in [0.29, 0.717) is 16.1 Å². The first-order chi connectivity index (χ1) is 12.0. The molecule has 130 valence electrons. The Kier molecular flexibility index (Phi) is 5.04. The maximum Gasteiger partial charge on any atom is 0.236 e. The van der Waals surface area contributed by atoms with Gasteiger partial charge in [-0.3, -0.25) is 9.59 Å². The normalized spacial score (nSPS) is 10.6. The van der Waals surface area contributed by atoms with Crippen LogP contribution in [0.15, 0.2) is 21.4 Å². The van der Waals surface area contributed by atoms with Crippen LogP contribution in [0.5, 0.6) is 0 Å². The molecule has 2 N–H and O–H groups in total. The summed E-state index contributed by atoms with van der Waals surface area (Å²) in [5.41, 5.74) is 0.254. The highest BCUT2D eigenvalue weighted by atomic mass is 32.2. The van der Waals surface area contributed by atoms with Crippen molar-refractivity contribution < 1.29 is 14.2 Å². The molecule has 0 fully saturated rings. The van der Waals surface area contributed by atoms with Crippen LogP contribution >= 0.6 is 23.1 Å². The van der Waals surface area contributed by atoms with Gasteiger partial charge in [0.2, 0.25) is 17.6 Å². The van der Waals surface area contributed by atoms with Gasteiger partial charge in [0.15, 0.2) is 21.8 Å². The molecular formula is C12H12N8O3S2. The van der Waals surface area contributed by atoms with Crippen LogP contribution < -0.4 is 10.6 Å². The Balaban J connectivity index is 1.68. The Morgan fingerprint density at radius 2 is 2.16 bits per heavy atom. The van der Waals surface area contributed by atoms with E-state index in [1.54, 1.807) is 23.2 Å². The summed E-state index contributed by atoms with van der Waals surface area (Å²) in [5.74, 6) is 0.134. The lowest BCUT2D eigenvalue weighted by Crippen LogP contribution is -2.14. The average Bonchev–Trinajstić information content (AvgIpc) is 3.27. The summed E-state index contributed by atoms with van der Waals surface area (Å²) in [6.45, 7) is 1.34. The molecule has 0 aliphatic rings. The molecule has 0 aromatic carbocycles. The number of nitrogens with zero attached hydrogens (tertiary/aromatic N) is 6.